The molecule has 1 saturated carbocycles. The van der Waals surface area contributed by atoms with E-state index in [4.69, 9.17) is 0 Å². The lowest BCUT2D eigenvalue weighted by Gasteiger charge is -2.29. The van der Waals surface area contributed by atoms with Crippen LogP contribution in [-0.4, -0.2) is 48.7 Å². The van der Waals surface area contributed by atoms with Crippen molar-refractivity contribution in [2.45, 2.75) is 38.5 Å². The summed E-state index contributed by atoms with van der Waals surface area (Å²) in [6.07, 6.45) is 1.87. The van der Waals surface area contributed by atoms with Gasteiger partial charge in [-0.05, 0) is 31.2 Å². The SMILES string of the molecule is CC(C(O)C(=O)NCC1CC1)N(Cc1ccccc1)S(C)(=O)=O. The van der Waals surface area contributed by atoms with Crippen LogP contribution in [0.3, 0.4) is 0 Å². The summed E-state index contributed by atoms with van der Waals surface area (Å²) in [4.78, 5) is 12.0. The van der Waals surface area contributed by atoms with Crippen LogP contribution in [0.25, 0.3) is 0 Å². The number of aliphatic hydroxyl groups excluding tert-OH is 1. The molecule has 2 atom stereocenters. The van der Waals surface area contributed by atoms with Gasteiger partial charge in [0.25, 0.3) is 5.91 Å². The molecule has 1 fully saturated rings. The van der Waals surface area contributed by atoms with E-state index in [1.54, 1.807) is 6.92 Å². The van der Waals surface area contributed by atoms with Gasteiger partial charge < -0.3 is 10.4 Å². The van der Waals surface area contributed by atoms with Gasteiger partial charge in [-0.15, -0.1) is 0 Å². The van der Waals surface area contributed by atoms with Crippen LogP contribution in [0.2, 0.25) is 0 Å². The first-order valence-corrected chi connectivity index (χ1v) is 9.60. The highest BCUT2D eigenvalue weighted by Gasteiger charge is 2.33. The Balaban J connectivity index is 2.05. The number of amides is 1. The number of carbonyl (C=O) groups excluding carboxylic acids is 1. The molecule has 128 valence electrons. The first-order chi connectivity index (χ1) is 10.8. The number of rotatable bonds is 8. The van der Waals surface area contributed by atoms with E-state index in [0.717, 1.165) is 29.0 Å². The molecule has 1 aromatic carbocycles. The Morgan fingerprint density at radius 1 is 1.35 bits per heavy atom. The fourth-order valence-corrected chi connectivity index (χ4v) is 3.48. The molecular weight excluding hydrogens is 316 g/mol. The maximum Gasteiger partial charge on any atom is 0.250 e. The number of nitrogens with one attached hydrogen (secondary N) is 1. The minimum atomic E-state index is -3.57. The van der Waals surface area contributed by atoms with Gasteiger partial charge in [0.2, 0.25) is 10.0 Å². The standard InChI is InChI=1S/C16H24N2O4S/c1-12(15(19)16(20)17-10-13-8-9-13)18(23(2,21)22)11-14-6-4-3-5-7-14/h3-7,12-13,15,19H,8-11H2,1-2H3,(H,17,20). The number of hydrogen-bond donors (Lipinski definition) is 2. The van der Waals surface area contributed by atoms with E-state index in [0.29, 0.717) is 12.5 Å². The molecular formula is C16H24N2O4S. The molecule has 0 bridgehead atoms. The fraction of sp³-hybridized carbons (Fsp3) is 0.562. The third-order valence-electron chi connectivity index (χ3n) is 4.05. The maximum absolute atomic E-state index is 12.1. The minimum Gasteiger partial charge on any atom is -0.382 e. The van der Waals surface area contributed by atoms with Crippen molar-refractivity contribution in [1.29, 1.82) is 0 Å². The minimum absolute atomic E-state index is 0.119. The van der Waals surface area contributed by atoms with Gasteiger partial charge in [-0.25, -0.2) is 8.42 Å². The Labute approximate surface area is 137 Å². The van der Waals surface area contributed by atoms with Crippen molar-refractivity contribution >= 4 is 15.9 Å². The van der Waals surface area contributed by atoms with Gasteiger partial charge in [0.1, 0.15) is 6.10 Å². The number of nitrogens with zero attached hydrogens (tertiary/aromatic N) is 1. The van der Waals surface area contributed by atoms with Crippen molar-refractivity contribution < 1.29 is 18.3 Å². The highest BCUT2D eigenvalue weighted by molar-refractivity contribution is 7.88. The van der Waals surface area contributed by atoms with Crippen molar-refractivity contribution in [1.82, 2.24) is 9.62 Å². The lowest BCUT2D eigenvalue weighted by molar-refractivity contribution is -0.131. The van der Waals surface area contributed by atoms with Crippen LogP contribution >= 0.6 is 0 Å². The zero-order chi connectivity index (χ0) is 17.0. The van der Waals surface area contributed by atoms with Crippen molar-refractivity contribution in [2.75, 3.05) is 12.8 Å². The normalized spacial score (nSPS) is 17.7. The van der Waals surface area contributed by atoms with Gasteiger partial charge in [-0.2, -0.15) is 4.31 Å². The molecule has 2 unspecified atom stereocenters. The number of aliphatic hydroxyl groups is 1. The summed E-state index contributed by atoms with van der Waals surface area (Å²) in [5, 5.41) is 12.9. The smallest absolute Gasteiger partial charge is 0.250 e. The van der Waals surface area contributed by atoms with Crippen molar-refractivity contribution in [2.24, 2.45) is 5.92 Å². The highest BCUT2D eigenvalue weighted by atomic mass is 32.2. The lowest BCUT2D eigenvalue weighted by Crippen LogP contribution is -2.50. The Hall–Kier alpha value is -1.44. The zero-order valence-corrected chi connectivity index (χ0v) is 14.3. The third-order valence-corrected chi connectivity index (χ3v) is 5.36. The summed E-state index contributed by atoms with van der Waals surface area (Å²) in [6.45, 7) is 2.21. The van der Waals surface area contributed by atoms with Crippen LogP contribution in [-0.2, 0) is 21.4 Å². The Kier molecular flexibility index (Phi) is 5.78. The second-order valence-corrected chi connectivity index (χ2v) is 8.10. The third kappa shape index (κ3) is 5.30. The second-order valence-electron chi connectivity index (χ2n) is 6.17. The Morgan fingerprint density at radius 3 is 2.48 bits per heavy atom. The quantitative estimate of drug-likeness (QED) is 0.730. The van der Waals surface area contributed by atoms with Crippen LogP contribution in [0, 0.1) is 5.92 Å². The number of carbonyl (C=O) groups is 1. The van der Waals surface area contributed by atoms with E-state index >= 15 is 0 Å². The molecule has 2 N–H and O–H groups in total. The maximum atomic E-state index is 12.1. The Bertz CT molecular complexity index is 629. The molecule has 0 aliphatic heterocycles. The van der Waals surface area contributed by atoms with Crippen LogP contribution in [0.15, 0.2) is 30.3 Å². The van der Waals surface area contributed by atoms with E-state index in [2.05, 4.69) is 5.32 Å². The monoisotopic (exact) mass is 340 g/mol. The molecule has 7 heteroatoms. The average molecular weight is 340 g/mol. The van der Waals surface area contributed by atoms with Gasteiger partial charge in [0, 0.05) is 13.1 Å². The predicted molar refractivity (Wildman–Crippen MR) is 88.0 cm³/mol. The zero-order valence-electron chi connectivity index (χ0n) is 13.5. The molecule has 1 amide bonds. The largest absolute Gasteiger partial charge is 0.382 e. The molecule has 2 rings (SSSR count). The summed E-state index contributed by atoms with van der Waals surface area (Å²) in [5.41, 5.74) is 0.801. The predicted octanol–water partition coefficient (Wildman–Crippen LogP) is 0.724. The molecule has 0 heterocycles. The van der Waals surface area contributed by atoms with E-state index in [1.165, 1.54) is 0 Å². The van der Waals surface area contributed by atoms with Gasteiger partial charge in [-0.3, -0.25) is 4.79 Å². The van der Waals surface area contributed by atoms with E-state index < -0.39 is 28.1 Å². The molecule has 23 heavy (non-hydrogen) atoms. The number of sulfonamides is 1. The molecule has 0 saturated heterocycles. The van der Waals surface area contributed by atoms with Gasteiger partial charge >= 0.3 is 0 Å². The lowest BCUT2D eigenvalue weighted by atomic mass is 10.1. The van der Waals surface area contributed by atoms with Crippen LogP contribution in [0.1, 0.15) is 25.3 Å². The average Bonchev–Trinajstić information content (AvgIpc) is 3.33. The molecule has 0 aromatic heterocycles. The van der Waals surface area contributed by atoms with E-state index in [9.17, 15) is 18.3 Å². The number of hydrogen-bond acceptors (Lipinski definition) is 4. The van der Waals surface area contributed by atoms with Crippen molar-refractivity contribution in [3.63, 3.8) is 0 Å². The van der Waals surface area contributed by atoms with Crippen molar-refractivity contribution in [3.8, 4) is 0 Å². The molecule has 0 spiro atoms. The van der Waals surface area contributed by atoms with Crippen molar-refractivity contribution in [3.05, 3.63) is 35.9 Å². The topological polar surface area (TPSA) is 86.7 Å². The summed E-state index contributed by atoms with van der Waals surface area (Å²) >= 11 is 0. The van der Waals surface area contributed by atoms with Gasteiger partial charge in [0.15, 0.2) is 0 Å². The molecule has 0 radical (unpaired) electrons. The summed E-state index contributed by atoms with van der Waals surface area (Å²) in [7, 11) is -3.57. The van der Waals surface area contributed by atoms with Crippen LogP contribution < -0.4 is 5.32 Å². The summed E-state index contributed by atoms with van der Waals surface area (Å²) < 4.78 is 25.3. The first-order valence-electron chi connectivity index (χ1n) is 7.75. The van der Waals surface area contributed by atoms with E-state index in [-0.39, 0.29) is 6.54 Å². The molecule has 1 aliphatic rings. The van der Waals surface area contributed by atoms with Crippen LogP contribution in [0.5, 0.6) is 0 Å². The fourth-order valence-electron chi connectivity index (χ4n) is 2.37. The van der Waals surface area contributed by atoms with E-state index in [1.807, 2.05) is 30.3 Å². The molecule has 1 aromatic rings. The molecule has 1 aliphatic carbocycles. The molecule has 6 nitrogen and oxygen atoms in total. The Morgan fingerprint density at radius 2 is 1.96 bits per heavy atom. The second kappa shape index (κ2) is 7.42. The highest BCUT2D eigenvalue weighted by Crippen LogP contribution is 2.27. The first kappa shape index (κ1) is 17.9. The number of benzene rings is 1. The van der Waals surface area contributed by atoms with Gasteiger partial charge in [0.05, 0.1) is 12.3 Å². The summed E-state index contributed by atoms with van der Waals surface area (Å²) in [5.74, 6) is -0.0251. The van der Waals surface area contributed by atoms with Gasteiger partial charge in [-0.1, -0.05) is 30.3 Å². The summed E-state index contributed by atoms with van der Waals surface area (Å²) in [6, 6.07) is 8.26. The van der Waals surface area contributed by atoms with Crippen LogP contribution in [0.4, 0.5) is 0 Å².